The Kier molecular flexibility index (Phi) is 4.10. The number of allylic oxidation sites excluding steroid dienone is 1. The van der Waals surface area contributed by atoms with Crippen LogP contribution in [-0.2, 0) is 5.66 Å². The molecule has 7 heteroatoms. The van der Waals surface area contributed by atoms with E-state index in [2.05, 4.69) is 0 Å². The van der Waals surface area contributed by atoms with Gasteiger partial charge in [0.25, 0.3) is 11.4 Å². The molecular formula is C18H17N3O4. The first-order valence-electron chi connectivity index (χ1n) is 7.89. The average Bonchev–Trinajstić information content (AvgIpc) is 2.84. The van der Waals surface area contributed by atoms with Crippen molar-refractivity contribution < 1.29 is 9.68 Å². The topological polar surface area (TPSA) is 89.5 Å². The minimum Gasteiger partial charge on any atom is -0.753 e. The average molecular weight is 339 g/mol. The van der Waals surface area contributed by atoms with Gasteiger partial charge in [-0.3, -0.25) is 10.1 Å². The molecule has 1 heterocycles. The molecule has 1 atom stereocenters. The molecule has 0 aliphatic carbocycles. The number of non-ortho nitro benzene ring substituents is 1. The largest absolute Gasteiger partial charge is 0.753 e. The normalized spacial score (nSPS) is 20.3. The molecule has 1 aliphatic heterocycles. The van der Waals surface area contributed by atoms with Gasteiger partial charge in [-0.05, 0) is 24.6 Å². The third-order valence-corrected chi connectivity index (χ3v) is 4.50. The molecule has 0 amide bonds. The van der Waals surface area contributed by atoms with Gasteiger partial charge in [-0.2, -0.15) is 0 Å². The second kappa shape index (κ2) is 6.10. The van der Waals surface area contributed by atoms with Crippen molar-refractivity contribution in [2.75, 3.05) is 0 Å². The van der Waals surface area contributed by atoms with Crippen molar-refractivity contribution in [2.45, 2.75) is 25.9 Å². The lowest BCUT2D eigenvalue weighted by Crippen LogP contribution is -2.41. The Bertz CT molecular complexity index is 879. The third kappa shape index (κ3) is 2.49. The van der Waals surface area contributed by atoms with Gasteiger partial charge in [0.05, 0.1) is 26.5 Å². The lowest BCUT2D eigenvalue weighted by Gasteiger charge is -2.35. The van der Waals surface area contributed by atoms with E-state index in [4.69, 9.17) is 0 Å². The van der Waals surface area contributed by atoms with Crippen LogP contribution in [0.15, 0.2) is 60.3 Å². The fraction of sp³-hybridized carbons (Fsp3) is 0.222. The van der Waals surface area contributed by atoms with Gasteiger partial charge in [-0.25, -0.2) is 0 Å². The van der Waals surface area contributed by atoms with E-state index in [1.165, 1.54) is 25.1 Å². The van der Waals surface area contributed by atoms with Crippen LogP contribution in [0, 0.1) is 20.2 Å². The SMILES string of the molecule is CCC1=C(c2ccccc2)[N+](=O)C(C)(c2cccc([N+](=O)[O-])c2)N1[O-]. The van der Waals surface area contributed by atoms with Gasteiger partial charge < -0.3 is 10.3 Å². The maximum atomic E-state index is 13.1. The van der Waals surface area contributed by atoms with E-state index in [9.17, 15) is 20.2 Å². The fourth-order valence-corrected chi connectivity index (χ4v) is 3.12. The molecule has 7 nitrogen and oxygen atoms in total. The van der Waals surface area contributed by atoms with Crippen molar-refractivity contribution in [1.82, 2.24) is 5.06 Å². The molecule has 1 unspecified atom stereocenters. The Morgan fingerprint density at radius 2 is 1.84 bits per heavy atom. The zero-order valence-electron chi connectivity index (χ0n) is 13.9. The number of nitro groups is 1. The number of hydrogen-bond acceptors (Lipinski definition) is 5. The second-order valence-electron chi connectivity index (χ2n) is 5.93. The van der Waals surface area contributed by atoms with Crippen LogP contribution in [0.3, 0.4) is 0 Å². The molecule has 1 aliphatic rings. The zero-order chi connectivity index (χ0) is 18.2. The van der Waals surface area contributed by atoms with Crippen LogP contribution < -0.4 is 0 Å². The third-order valence-electron chi connectivity index (χ3n) is 4.50. The first kappa shape index (κ1) is 16.8. The lowest BCUT2D eigenvalue weighted by molar-refractivity contribution is -0.565. The number of nitro benzene ring substituents is 1. The minimum absolute atomic E-state index is 0.160. The summed E-state index contributed by atoms with van der Waals surface area (Å²) in [4.78, 5) is 23.6. The smallest absolute Gasteiger partial charge is 0.306 e. The van der Waals surface area contributed by atoms with E-state index in [1.54, 1.807) is 37.3 Å². The molecule has 2 aromatic rings. The Morgan fingerprint density at radius 3 is 2.44 bits per heavy atom. The van der Waals surface area contributed by atoms with E-state index in [0.717, 1.165) is 0 Å². The summed E-state index contributed by atoms with van der Waals surface area (Å²) in [7, 11) is 0. The summed E-state index contributed by atoms with van der Waals surface area (Å²) in [5.41, 5.74) is -0.176. The van der Waals surface area contributed by atoms with E-state index in [1.807, 2.05) is 6.07 Å². The molecular weight excluding hydrogens is 322 g/mol. The van der Waals surface area contributed by atoms with Crippen LogP contribution in [0.25, 0.3) is 5.70 Å². The van der Waals surface area contributed by atoms with Crippen LogP contribution in [0.1, 0.15) is 31.4 Å². The Morgan fingerprint density at radius 1 is 1.16 bits per heavy atom. The molecule has 0 aromatic heterocycles. The molecule has 0 N–H and O–H groups in total. The van der Waals surface area contributed by atoms with Crippen LogP contribution >= 0.6 is 0 Å². The standard InChI is InChI=1S/C18H17N3O4/c1-3-16-17(13-8-5-4-6-9-13)20(23)18(2,19(16)22)14-10-7-11-15(12-14)21(24)25/h4-12H,3H2,1-2H3. The van der Waals surface area contributed by atoms with Crippen molar-refractivity contribution in [3.8, 4) is 0 Å². The number of benzene rings is 2. The molecule has 25 heavy (non-hydrogen) atoms. The van der Waals surface area contributed by atoms with E-state index < -0.39 is 10.6 Å². The maximum Gasteiger partial charge on any atom is 0.306 e. The number of rotatable bonds is 4. The molecule has 3 rings (SSSR count). The summed E-state index contributed by atoms with van der Waals surface area (Å²) in [6.07, 6.45) is 0.372. The zero-order valence-corrected chi connectivity index (χ0v) is 13.9. The van der Waals surface area contributed by atoms with Crippen LogP contribution in [-0.4, -0.2) is 14.7 Å². The maximum absolute atomic E-state index is 13.1. The van der Waals surface area contributed by atoms with Gasteiger partial charge in [0, 0.05) is 24.0 Å². The monoisotopic (exact) mass is 339 g/mol. The molecule has 0 saturated heterocycles. The van der Waals surface area contributed by atoms with Gasteiger partial charge in [0.1, 0.15) is 0 Å². The van der Waals surface area contributed by atoms with Gasteiger partial charge in [0.2, 0.25) is 0 Å². The van der Waals surface area contributed by atoms with Crippen LogP contribution in [0.2, 0.25) is 0 Å². The Hall–Kier alpha value is -3.06. The number of hydrogen-bond donors (Lipinski definition) is 0. The van der Waals surface area contributed by atoms with Crippen molar-refractivity contribution >= 4 is 11.4 Å². The highest BCUT2D eigenvalue weighted by Gasteiger charge is 2.55. The summed E-state index contributed by atoms with van der Waals surface area (Å²) in [6, 6.07) is 14.6. The molecule has 0 spiro atoms. The van der Waals surface area contributed by atoms with Crippen molar-refractivity contribution in [2.24, 2.45) is 0 Å². The lowest BCUT2D eigenvalue weighted by atomic mass is 10.0. The van der Waals surface area contributed by atoms with Gasteiger partial charge in [0.15, 0.2) is 0 Å². The van der Waals surface area contributed by atoms with Crippen molar-refractivity contribution in [1.29, 1.82) is 0 Å². The first-order valence-corrected chi connectivity index (χ1v) is 7.89. The summed E-state index contributed by atoms with van der Waals surface area (Å²) >= 11 is 0. The summed E-state index contributed by atoms with van der Waals surface area (Å²) in [5, 5.41) is 24.7. The Balaban J connectivity index is 2.15. The van der Waals surface area contributed by atoms with Gasteiger partial charge in [-0.15, -0.1) is 0 Å². The quantitative estimate of drug-likeness (QED) is 0.474. The van der Waals surface area contributed by atoms with Gasteiger partial charge in [-0.1, -0.05) is 31.2 Å². The fourth-order valence-electron chi connectivity index (χ4n) is 3.12. The molecule has 128 valence electrons. The first-order chi connectivity index (χ1) is 11.9. The highest BCUT2D eigenvalue weighted by atomic mass is 16.6. The van der Waals surface area contributed by atoms with E-state index in [0.29, 0.717) is 33.2 Å². The molecule has 0 radical (unpaired) electrons. The van der Waals surface area contributed by atoms with Crippen molar-refractivity contribution in [3.63, 3.8) is 0 Å². The van der Waals surface area contributed by atoms with Crippen molar-refractivity contribution in [3.05, 3.63) is 91.6 Å². The number of nitrogens with zero attached hydrogens (tertiary/aromatic N) is 3. The second-order valence-corrected chi connectivity index (χ2v) is 5.93. The molecule has 0 fully saturated rings. The molecule has 0 saturated carbocycles. The predicted molar refractivity (Wildman–Crippen MR) is 92.9 cm³/mol. The number of hydroxylamine groups is 2. The van der Waals surface area contributed by atoms with Crippen LogP contribution in [0.5, 0.6) is 0 Å². The highest BCUT2D eigenvalue weighted by molar-refractivity contribution is 5.64. The molecule has 2 aromatic carbocycles. The summed E-state index contributed by atoms with van der Waals surface area (Å²) in [6.45, 7) is 3.29. The van der Waals surface area contributed by atoms with Crippen LogP contribution in [0.4, 0.5) is 5.69 Å². The Labute approximate surface area is 144 Å². The van der Waals surface area contributed by atoms with E-state index >= 15 is 0 Å². The minimum atomic E-state index is -1.59. The highest BCUT2D eigenvalue weighted by Crippen LogP contribution is 2.45. The number of nitroso groups, excluding NO2 is 1. The summed E-state index contributed by atoms with van der Waals surface area (Å²) in [5.74, 6) is 0. The predicted octanol–water partition coefficient (Wildman–Crippen LogP) is 4.14. The summed E-state index contributed by atoms with van der Waals surface area (Å²) < 4.78 is 0.660. The van der Waals surface area contributed by atoms with E-state index in [-0.39, 0.29) is 11.3 Å². The van der Waals surface area contributed by atoms with Gasteiger partial charge >= 0.3 is 5.66 Å². The molecule has 0 bridgehead atoms.